The van der Waals surface area contributed by atoms with Crippen molar-refractivity contribution in [3.63, 3.8) is 0 Å². The van der Waals surface area contributed by atoms with E-state index in [1.165, 1.54) is 7.11 Å². The number of nitriles is 1. The molecule has 36 heavy (non-hydrogen) atoms. The van der Waals surface area contributed by atoms with Crippen LogP contribution in [0.1, 0.15) is 57.5 Å². The second kappa shape index (κ2) is 11.5. The Balaban J connectivity index is 1.55. The molecule has 0 atom stereocenters. The second-order valence-corrected chi connectivity index (χ2v) is 9.05. The maximum absolute atomic E-state index is 13.6. The van der Waals surface area contributed by atoms with Gasteiger partial charge in [-0.15, -0.1) is 0 Å². The first-order valence-electron chi connectivity index (χ1n) is 12.1. The highest BCUT2D eigenvalue weighted by Gasteiger charge is 2.28. The van der Waals surface area contributed by atoms with Crippen molar-refractivity contribution >= 4 is 17.5 Å². The standard InChI is InChI=1S/C29H30N4O3/c1-36-27-8-3-2-7-26(27)28(34)32-24-6-4-5-21(17-24)19-33(25-15-13-23(31)14-16-25)29(35)22-11-9-20(18-30)10-12-22/h2-12,17,23,25H,13-16,19,31H2,1H3,(H,32,34). The van der Waals surface area contributed by atoms with Crippen LogP contribution in [0.2, 0.25) is 0 Å². The highest BCUT2D eigenvalue weighted by Crippen LogP contribution is 2.27. The molecule has 7 heteroatoms. The predicted molar refractivity (Wildman–Crippen MR) is 139 cm³/mol. The van der Waals surface area contributed by atoms with Crippen LogP contribution in [0.3, 0.4) is 0 Å². The molecule has 0 radical (unpaired) electrons. The lowest BCUT2D eigenvalue weighted by atomic mass is 9.90. The number of hydrogen-bond acceptors (Lipinski definition) is 5. The Labute approximate surface area is 211 Å². The van der Waals surface area contributed by atoms with Gasteiger partial charge in [-0.25, -0.2) is 0 Å². The number of carbonyl (C=O) groups is 2. The van der Waals surface area contributed by atoms with E-state index >= 15 is 0 Å². The molecule has 7 nitrogen and oxygen atoms in total. The zero-order chi connectivity index (χ0) is 25.5. The molecule has 0 unspecified atom stereocenters. The monoisotopic (exact) mass is 482 g/mol. The summed E-state index contributed by atoms with van der Waals surface area (Å²) in [6, 6.07) is 23.6. The SMILES string of the molecule is COc1ccccc1C(=O)Nc1cccc(CN(C(=O)c2ccc(C#N)cc2)C2CCC(N)CC2)c1. The van der Waals surface area contributed by atoms with E-state index in [2.05, 4.69) is 11.4 Å². The zero-order valence-corrected chi connectivity index (χ0v) is 20.3. The van der Waals surface area contributed by atoms with Crippen molar-refractivity contribution in [2.75, 3.05) is 12.4 Å². The molecule has 3 N–H and O–H groups in total. The molecule has 0 aromatic heterocycles. The van der Waals surface area contributed by atoms with Gasteiger partial charge in [0.05, 0.1) is 24.3 Å². The van der Waals surface area contributed by atoms with Gasteiger partial charge in [0.15, 0.2) is 0 Å². The van der Waals surface area contributed by atoms with Gasteiger partial charge in [0.25, 0.3) is 11.8 Å². The number of nitrogens with two attached hydrogens (primary N) is 1. The van der Waals surface area contributed by atoms with Gasteiger partial charge in [-0.05, 0) is 79.8 Å². The van der Waals surface area contributed by atoms with E-state index in [4.69, 9.17) is 15.7 Å². The average Bonchev–Trinajstić information content (AvgIpc) is 2.92. The number of nitrogens with one attached hydrogen (secondary N) is 1. The molecular formula is C29H30N4O3. The molecule has 2 amide bonds. The van der Waals surface area contributed by atoms with Crippen LogP contribution in [0.4, 0.5) is 5.69 Å². The summed E-state index contributed by atoms with van der Waals surface area (Å²) in [5, 5.41) is 12.0. The van der Waals surface area contributed by atoms with Crippen molar-refractivity contribution in [1.29, 1.82) is 5.26 Å². The minimum atomic E-state index is -0.267. The Kier molecular flexibility index (Phi) is 7.99. The fraction of sp³-hybridized carbons (Fsp3) is 0.276. The van der Waals surface area contributed by atoms with Gasteiger partial charge in [-0.2, -0.15) is 5.26 Å². The Morgan fingerprint density at radius 3 is 2.44 bits per heavy atom. The van der Waals surface area contributed by atoms with Crippen LogP contribution in [0.25, 0.3) is 0 Å². The van der Waals surface area contributed by atoms with Crippen LogP contribution >= 0.6 is 0 Å². The number of rotatable bonds is 7. The molecule has 1 fully saturated rings. The third kappa shape index (κ3) is 5.91. The Morgan fingerprint density at radius 2 is 1.75 bits per heavy atom. The van der Waals surface area contributed by atoms with Crippen molar-refractivity contribution in [2.45, 2.75) is 44.3 Å². The number of benzene rings is 3. The minimum Gasteiger partial charge on any atom is -0.496 e. The van der Waals surface area contributed by atoms with E-state index in [-0.39, 0.29) is 23.9 Å². The van der Waals surface area contributed by atoms with E-state index in [1.807, 2.05) is 35.2 Å². The number of carbonyl (C=O) groups excluding carboxylic acids is 2. The lowest BCUT2D eigenvalue weighted by Gasteiger charge is -2.36. The zero-order valence-electron chi connectivity index (χ0n) is 20.3. The summed E-state index contributed by atoms with van der Waals surface area (Å²) in [5.74, 6) is 0.153. The van der Waals surface area contributed by atoms with Gasteiger partial charge in [0.2, 0.25) is 0 Å². The van der Waals surface area contributed by atoms with Crippen LogP contribution in [-0.4, -0.2) is 35.9 Å². The Hall–Kier alpha value is -4.15. The number of methoxy groups -OCH3 is 1. The molecule has 3 aromatic carbocycles. The summed E-state index contributed by atoms with van der Waals surface area (Å²) < 4.78 is 5.31. The first-order valence-corrected chi connectivity index (χ1v) is 12.1. The third-order valence-electron chi connectivity index (χ3n) is 6.59. The summed E-state index contributed by atoms with van der Waals surface area (Å²) in [6.07, 6.45) is 3.43. The normalized spacial score (nSPS) is 17.0. The fourth-order valence-corrected chi connectivity index (χ4v) is 4.61. The molecule has 1 aliphatic carbocycles. The summed E-state index contributed by atoms with van der Waals surface area (Å²) >= 11 is 0. The molecule has 0 heterocycles. The van der Waals surface area contributed by atoms with Crippen molar-refractivity contribution < 1.29 is 14.3 Å². The van der Waals surface area contributed by atoms with Crippen LogP contribution < -0.4 is 15.8 Å². The smallest absolute Gasteiger partial charge is 0.259 e. The number of nitrogens with zero attached hydrogens (tertiary/aromatic N) is 2. The van der Waals surface area contributed by atoms with Crippen LogP contribution in [-0.2, 0) is 6.54 Å². The average molecular weight is 483 g/mol. The Bertz CT molecular complexity index is 1260. The first kappa shape index (κ1) is 25.0. The summed E-state index contributed by atoms with van der Waals surface area (Å²) in [6.45, 7) is 0.400. The molecule has 0 spiro atoms. The molecular weight excluding hydrogens is 452 g/mol. The second-order valence-electron chi connectivity index (χ2n) is 9.05. The van der Waals surface area contributed by atoms with Gasteiger partial charge in [-0.1, -0.05) is 24.3 Å². The highest BCUT2D eigenvalue weighted by molar-refractivity contribution is 6.06. The number of para-hydroxylation sites is 1. The largest absolute Gasteiger partial charge is 0.496 e. The van der Waals surface area contributed by atoms with E-state index in [0.717, 1.165) is 31.2 Å². The number of ether oxygens (including phenoxy) is 1. The van der Waals surface area contributed by atoms with Crippen LogP contribution in [0, 0.1) is 11.3 Å². The van der Waals surface area contributed by atoms with E-state index in [1.54, 1.807) is 42.5 Å². The van der Waals surface area contributed by atoms with Crippen molar-refractivity contribution in [2.24, 2.45) is 5.73 Å². The molecule has 1 aliphatic rings. The maximum Gasteiger partial charge on any atom is 0.259 e. The lowest BCUT2D eigenvalue weighted by Crippen LogP contribution is -2.43. The van der Waals surface area contributed by atoms with E-state index in [9.17, 15) is 9.59 Å². The first-order chi connectivity index (χ1) is 17.5. The number of hydrogen-bond donors (Lipinski definition) is 2. The van der Waals surface area contributed by atoms with Gasteiger partial charge < -0.3 is 20.7 Å². The molecule has 1 saturated carbocycles. The summed E-state index contributed by atoms with van der Waals surface area (Å²) in [4.78, 5) is 28.3. The topological polar surface area (TPSA) is 108 Å². The highest BCUT2D eigenvalue weighted by atomic mass is 16.5. The van der Waals surface area contributed by atoms with Gasteiger partial charge >= 0.3 is 0 Å². The van der Waals surface area contributed by atoms with Crippen molar-refractivity contribution in [3.05, 3.63) is 95.1 Å². The number of amides is 2. The van der Waals surface area contributed by atoms with Gasteiger partial charge in [0, 0.05) is 29.9 Å². The quantitative estimate of drug-likeness (QED) is 0.506. The predicted octanol–water partition coefficient (Wildman–Crippen LogP) is 4.73. The lowest BCUT2D eigenvalue weighted by molar-refractivity contribution is 0.0606. The number of anilines is 1. The van der Waals surface area contributed by atoms with Gasteiger partial charge in [0.1, 0.15) is 5.75 Å². The molecule has 0 saturated heterocycles. The minimum absolute atomic E-state index is 0.0692. The summed E-state index contributed by atoms with van der Waals surface area (Å²) in [5.41, 5.74) is 9.17. The molecule has 0 bridgehead atoms. The van der Waals surface area contributed by atoms with Crippen molar-refractivity contribution in [3.8, 4) is 11.8 Å². The third-order valence-corrected chi connectivity index (χ3v) is 6.59. The van der Waals surface area contributed by atoms with Crippen LogP contribution in [0.15, 0.2) is 72.8 Å². The van der Waals surface area contributed by atoms with Crippen LogP contribution in [0.5, 0.6) is 5.75 Å². The summed E-state index contributed by atoms with van der Waals surface area (Å²) in [7, 11) is 1.53. The molecule has 4 rings (SSSR count). The fourth-order valence-electron chi connectivity index (χ4n) is 4.61. The van der Waals surface area contributed by atoms with E-state index < -0.39 is 0 Å². The van der Waals surface area contributed by atoms with Crippen molar-refractivity contribution in [1.82, 2.24) is 4.90 Å². The molecule has 184 valence electrons. The van der Waals surface area contributed by atoms with Gasteiger partial charge in [-0.3, -0.25) is 9.59 Å². The maximum atomic E-state index is 13.6. The molecule has 0 aliphatic heterocycles. The molecule has 3 aromatic rings. The van der Waals surface area contributed by atoms with E-state index in [0.29, 0.717) is 34.7 Å². The Morgan fingerprint density at radius 1 is 1.03 bits per heavy atom.